The monoisotopic (exact) mass is 276 g/mol. The van der Waals surface area contributed by atoms with E-state index in [9.17, 15) is 22.4 Å². The van der Waals surface area contributed by atoms with Crippen LogP contribution in [-0.4, -0.2) is 10.9 Å². The molecule has 18 heavy (non-hydrogen) atoms. The Morgan fingerprint density at radius 2 is 1.78 bits per heavy atom. The molecule has 0 spiro atoms. The van der Waals surface area contributed by atoms with Crippen LogP contribution in [-0.2, 0) is 4.79 Å². The van der Waals surface area contributed by atoms with Gasteiger partial charge in [-0.05, 0) is 0 Å². The molecular weight excluding hydrogens is 268 g/mol. The van der Waals surface area contributed by atoms with Crippen molar-refractivity contribution in [2.75, 3.05) is 5.75 Å². The van der Waals surface area contributed by atoms with Gasteiger partial charge in [-0.25, -0.2) is 17.6 Å². The second-order valence-electron chi connectivity index (χ2n) is 3.23. The smallest absolute Gasteiger partial charge is 0.185 e. The van der Waals surface area contributed by atoms with Gasteiger partial charge in [0.05, 0.1) is 0 Å². The molecule has 1 aromatic carbocycles. The fraction of sp³-hybridized carbons (Fsp3) is 0.250. The van der Waals surface area contributed by atoms with Crippen molar-refractivity contribution in [3.8, 4) is 11.8 Å². The van der Waals surface area contributed by atoms with Gasteiger partial charge in [-0.3, -0.25) is 4.79 Å². The Morgan fingerprint density at radius 3 is 2.28 bits per heavy atom. The van der Waals surface area contributed by atoms with E-state index in [1.807, 2.05) is 5.92 Å². The molecule has 0 unspecified atom stereocenters. The van der Waals surface area contributed by atoms with Gasteiger partial charge < -0.3 is 0 Å². The predicted octanol–water partition coefficient (Wildman–Crippen LogP) is 3.26. The zero-order valence-electron chi connectivity index (χ0n) is 9.32. The van der Waals surface area contributed by atoms with Gasteiger partial charge in [0.25, 0.3) is 0 Å². The van der Waals surface area contributed by atoms with Crippen molar-refractivity contribution in [3.05, 3.63) is 34.9 Å². The molecule has 0 radical (unpaired) electrons. The molecule has 1 aromatic rings. The summed E-state index contributed by atoms with van der Waals surface area (Å²) in [5.41, 5.74) is -0.930. The van der Waals surface area contributed by atoms with Crippen LogP contribution >= 0.6 is 11.8 Å². The molecule has 0 fully saturated rings. The molecule has 0 heterocycles. The number of rotatable bonds is 2. The number of benzene rings is 1. The Labute approximate surface area is 106 Å². The highest BCUT2D eigenvalue weighted by Gasteiger charge is 2.17. The zero-order valence-corrected chi connectivity index (χ0v) is 10.1. The average Bonchev–Trinajstić information content (AvgIpc) is 2.30. The van der Waals surface area contributed by atoms with E-state index >= 15 is 0 Å². The third-order valence-corrected chi connectivity index (χ3v) is 2.67. The fourth-order valence-electron chi connectivity index (χ4n) is 1.08. The van der Waals surface area contributed by atoms with Crippen molar-refractivity contribution in [1.29, 1.82) is 0 Å². The van der Waals surface area contributed by atoms with Gasteiger partial charge in [-0.1, -0.05) is 23.6 Å². The summed E-state index contributed by atoms with van der Waals surface area (Å²) in [6.07, 6.45) is 0.182. The summed E-state index contributed by atoms with van der Waals surface area (Å²) < 4.78 is 51.9. The highest BCUT2D eigenvalue weighted by molar-refractivity contribution is 8.13. The maximum Gasteiger partial charge on any atom is 0.185 e. The lowest BCUT2D eigenvalue weighted by Crippen LogP contribution is -1.98. The van der Waals surface area contributed by atoms with Gasteiger partial charge in [0.1, 0.15) is 5.56 Å². The summed E-state index contributed by atoms with van der Waals surface area (Å²) in [5.74, 6) is -1.27. The summed E-state index contributed by atoms with van der Waals surface area (Å²) in [6.45, 7) is 1.37. The number of thioether (sulfide) groups is 1. The minimum absolute atomic E-state index is 0.106. The lowest BCUT2D eigenvalue weighted by atomic mass is 10.2. The first-order chi connectivity index (χ1) is 8.43. The number of hydrogen-bond donors (Lipinski definition) is 0. The minimum atomic E-state index is -1.51. The molecule has 6 heteroatoms. The molecule has 1 rings (SSSR count). The van der Waals surface area contributed by atoms with Crippen LogP contribution in [0.25, 0.3) is 0 Å². The summed E-state index contributed by atoms with van der Waals surface area (Å²) in [7, 11) is 0. The third-order valence-electron chi connectivity index (χ3n) is 1.86. The summed E-state index contributed by atoms with van der Waals surface area (Å²) in [6, 6.07) is 0.126. The Balaban J connectivity index is 2.85. The second-order valence-corrected chi connectivity index (χ2v) is 4.51. The first kappa shape index (κ1) is 14.6. The quantitative estimate of drug-likeness (QED) is 0.357. The molecule has 0 saturated carbocycles. The average molecular weight is 276 g/mol. The van der Waals surface area contributed by atoms with E-state index in [0.717, 1.165) is 11.8 Å². The van der Waals surface area contributed by atoms with Gasteiger partial charge in [-0.15, -0.1) is 0 Å². The molecular formula is C12H8F4OS. The van der Waals surface area contributed by atoms with Gasteiger partial charge in [-0.2, -0.15) is 0 Å². The van der Waals surface area contributed by atoms with E-state index in [-0.39, 0.29) is 17.6 Å². The normalized spacial score (nSPS) is 9.83. The maximum atomic E-state index is 13.1. The van der Waals surface area contributed by atoms with Crippen molar-refractivity contribution in [3.63, 3.8) is 0 Å². The molecule has 0 aliphatic carbocycles. The first-order valence-corrected chi connectivity index (χ1v) is 5.87. The molecule has 1 nitrogen and oxygen atoms in total. The molecule has 0 aromatic heterocycles. The molecule has 96 valence electrons. The van der Waals surface area contributed by atoms with Crippen molar-refractivity contribution < 1.29 is 22.4 Å². The second kappa shape index (κ2) is 6.45. The maximum absolute atomic E-state index is 13.1. The topological polar surface area (TPSA) is 17.1 Å². The number of carbonyl (C=O) groups excluding carboxylic acids is 1. The fourth-order valence-corrected chi connectivity index (χ4v) is 1.57. The van der Waals surface area contributed by atoms with Crippen molar-refractivity contribution in [2.45, 2.75) is 13.3 Å². The Morgan fingerprint density at radius 1 is 1.22 bits per heavy atom. The SMILES string of the molecule is CC(=O)SCCC#Cc1c(F)c(F)cc(F)c1F. The molecule has 0 saturated heterocycles. The molecule has 0 amide bonds. The largest absolute Gasteiger partial charge is 0.288 e. The van der Waals surface area contributed by atoms with E-state index in [1.54, 1.807) is 0 Å². The highest BCUT2D eigenvalue weighted by Crippen LogP contribution is 2.18. The third kappa shape index (κ3) is 3.77. The molecule has 0 bridgehead atoms. The lowest BCUT2D eigenvalue weighted by molar-refractivity contribution is -0.109. The molecule has 0 N–H and O–H groups in total. The Bertz CT molecular complexity index is 505. The van der Waals surface area contributed by atoms with Crippen molar-refractivity contribution in [1.82, 2.24) is 0 Å². The molecule has 0 aliphatic heterocycles. The summed E-state index contributed by atoms with van der Waals surface area (Å²) >= 11 is 1.00. The van der Waals surface area contributed by atoms with E-state index in [4.69, 9.17) is 0 Å². The lowest BCUT2D eigenvalue weighted by Gasteiger charge is -1.99. The minimum Gasteiger partial charge on any atom is -0.288 e. The number of halogens is 4. The van der Waals surface area contributed by atoms with Gasteiger partial charge in [0, 0.05) is 25.2 Å². The van der Waals surface area contributed by atoms with Crippen LogP contribution < -0.4 is 0 Å². The van der Waals surface area contributed by atoms with E-state index in [2.05, 4.69) is 5.92 Å². The van der Waals surface area contributed by atoms with Crippen LogP contribution in [0.3, 0.4) is 0 Å². The van der Waals surface area contributed by atoms with Crippen molar-refractivity contribution in [2.24, 2.45) is 0 Å². The standard InChI is InChI=1S/C12H8F4OS/c1-7(17)18-5-3-2-4-8-11(15)9(13)6-10(14)12(8)16/h6H,3,5H2,1H3. The van der Waals surface area contributed by atoms with E-state index in [1.165, 1.54) is 6.92 Å². The van der Waals surface area contributed by atoms with E-state index < -0.39 is 28.8 Å². The van der Waals surface area contributed by atoms with Crippen LogP contribution in [0.15, 0.2) is 6.07 Å². The van der Waals surface area contributed by atoms with Crippen LogP contribution in [0.4, 0.5) is 17.6 Å². The Kier molecular flexibility index (Phi) is 5.23. The Hall–Kier alpha value is -1.48. The highest BCUT2D eigenvalue weighted by atomic mass is 32.2. The van der Waals surface area contributed by atoms with Crippen LogP contribution in [0.1, 0.15) is 18.9 Å². The molecule has 0 aliphatic rings. The van der Waals surface area contributed by atoms with Gasteiger partial charge in [0.2, 0.25) is 0 Å². The number of carbonyl (C=O) groups is 1. The zero-order chi connectivity index (χ0) is 13.7. The van der Waals surface area contributed by atoms with Gasteiger partial charge >= 0.3 is 0 Å². The number of hydrogen-bond acceptors (Lipinski definition) is 2. The van der Waals surface area contributed by atoms with Crippen LogP contribution in [0.5, 0.6) is 0 Å². The first-order valence-electron chi connectivity index (χ1n) is 4.88. The summed E-state index contributed by atoms with van der Waals surface area (Å²) in [4.78, 5) is 10.6. The van der Waals surface area contributed by atoms with Crippen molar-refractivity contribution >= 4 is 16.9 Å². The predicted molar refractivity (Wildman–Crippen MR) is 60.9 cm³/mol. The van der Waals surface area contributed by atoms with E-state index in [0.29, 0.717) is 5.75 Å². The van der Waals surface area contributed by atoms with Gasteiger partial charge in [0.15, 0.2) is 28.4 Å². The van der Waals surface area contributed by atoms with Crippen LogP contribution in [0.2, 0.25) is 0 Å². The molecule has 0 atom stereocenters. The summed E-state index contributed by atoms with van der Waals surface area (Å²) in [5, 5.41) is -0.106. The van der Waals surface area contributed by atoms with Crippen LogP contribution in [0, 0.1) is 35.1 Å².